The lowest BCUT2D eigenvalue weighted by Gasteiger charge is -2.15. The maximum absolute atomic E-state index is 12.5. The van der Waals surface area contributed by atoms with E-state index in [0.29, 0.717) is 10.9 Å². The van der Waals surface area contributed by atoms with Crippen LogP contribution in [-0.2, 0) is 29.8 Å². The largest absolute Gasteiger partial charge is 0.609 e. The summed E-state index contributed by atoms with van der Waals surface area (Å²) in [4.78, 5) is 12.2. The van der Waals surface area contributed by atoms with Gasteiger partial charge in [0.25, 0.3) is 0 Å². The number of nitrogens with one attached hydrogen (secondary N) is 1. The molecule has 4 nitrogen and oxygen atoms in total. The average Bonchev–Trinajstić information content (AvgIpc) is 2.99. The van der Waals surface area contributed by atoms with Crippen molar-refractivity contribution in [1.29, 1.82) is 0 Å². The molecule has 0 bridgehead atoms. The number of para-hydroxylation sites is 2. The number of hydrogen-bond donors (Lipinski definition) is 1. The topological polar surface area (TPSA) is 64.6 Å². The van der Waals surface area contributed by atoms with E-state index in [4.69, 9.17) is 4.98 Å². The zero-order valence-electron chi connectivity index (χ0n) is 12.2. The predicted octanol–water partition coefficient (Wildman–Crippen LogP) is 3.14. The highest BCUT2D eigenvalue weighted by molar-refractivity contribution is 7.90. The summed E-state index contributed by atoms with van der Waals surface area (Å²) in [6.07, 6.45) is 4.62. The fourth-order valence-corrected chi connectivity index (χ4v) is 3.94. The Morgan fingerprint density at radius 3 is 2.82 bits per heavy atom. The molecule has 1 aromatic carbocycles. The van der Waals surface area contributed by atoms with Gasteiger partial charge in [-0.15, -0.1) is 0 Å². The molecule has 22 heavy (non-hydrogen) atoms. The lowest BCUT2D eigenvalue weighted by atomic mass is 9.96. The van der Waals surface area contributed by atoms with Crippen molar-refractivity contribution in [2.75, 3.05) is 0 Å². The van der Waals surface area contributed by atoms with Gasteiger partial charge >= 0.3 is 5.16 Å². The number of aromatic nitrogens is 3. The Bertz CT molecular complexity index is 782. The number of aryl methyl sites for hydroxylation is 2. The van der Waals surface area contributed by atoms with Crippen LogP contribution in [0.1, 0.15) is 29.8 Å². The number of fused-ring (bicyclic) bond motifs is 2. The van der Waals surface area contributed by atoms with Crippen molar-refractivity contribution in [3.05, 3.63) is 53.3 Å². The van der Waals surface area contributed by atoms with E-state index in [1.165, 1.54) is 24.1 Å². The fourth-order valence-electron chi connectivity index (χ4n) is 2.95. The third kappa shape index (κ3) is 2.62. The first kappa shape index (κ1) is 13.8. The summed E-state index contributed by atoms with van der Waals surface area (Å²) in [5.41, 5.74) is 5.20. The van der Waals surface area contributed by atoms with Crippen molar-refractivity contribution in [2.24, 2.45) is 0 Å². The monoisotopic (exact) mass is 311 g/mol. The van der Waals surface area contributed by atoms with Gasteiger partial charge in [0.2, 0.25) is 0 Å². The second kappa shape index (κ2) is 5.74. The van der Waals surface area contributed by atoms with Crippen LogP contribution in [0.3, 0.4) is 0 Å². The summed E-state index contributed by atoms with van der Waals surface area (Å²) in [7, 11) is 0. The van der Waals surface area contributed by atoms with Gasteiger partial charge in [-0.05, 0) is 49.4 Å². The average molecular weight is 311 g/mol. The minimum Gasteiger partial charge on any atom is -0.609 e. The number of nitrogens with zero attached hydrogens (tertiary/aromatic N) is 2. The molecular weight excluding hydrogens is 294 g/mol. The molecule has 1 unspecified atom stereocenters. The van der Waals surface area contributed by atoms with Crippen molar-refractivity contribution in [3.8, 4) is 0 Å². The molecule has 1 aliphatic rings. The molecule has 0 amide bonds. The maximum atomic E-state index is 12.5. The summed E-state index contributed by atoms with van der Waals surface area (Å²) in [5.74, 6) is 0.410. The van der Waals surface area contributed by atoms with Gasteiger partial charge in [0.15, 0.2) is 5.75 Å². The molecule has 5 heteroatoms. The van der Waals surface area contributed by atoms with Gasteiger partial charge in [-0.2, -0.15) is 4.98 Å². The number of H-pyrrole nitrogens is 1. The normalized spacial score (nSPS) is 15.7. The van der Waals surface area contributed by atoms with Crippen molar-refractivity contribution in [2.45, 2.75) is 36.6 Å². The molecule has 0 fully saturated rings. The highest BCUT2D eigenvalue weighted by Crippen LogP contribution is 2.22. The van der Waals surface area contributed by atoms with Crippen LogP contribution in [0.25, 0.3) is 11.0 Å². The van der Waals surface area contributed by atoms with E-state index in [0.717, 1.165) is 29.6 Å². The molecule has 112 valence electrons. The van der Waals surface area contributed by atoms with Crippen molar-refractivity contribution in [1.82, 2.24) is 15.0 Å². The van der Waals surface area contributed by atoms with E-state index in [2.05, 4.69) is 16.0 Å². The molecule has 0 saturated carbocycles. The van der Waals surface area contributed by atoms with Gasteiger partial charge in [0, 0.05) is 16.9 Å². The molecule has 2 heterocycles. The van der Waals surface area contributed by atoms with Crippen molar-refractivity contribution < 1.29 is 4.55 Å². The van der Waals surface area contributed by atoms with E-state index < -0.39 is 11.2 Å². The Kier molecular flexibility index (Phi) is 3.60. The molecule has 0 saturated heterocycles. The van der Waals surface area contributed by atoms with E-state index in [-0.39, 0.29) is 0 Å². The molecule has 3 aromatic rings. The maximum Gasteiger partial charge on any atom is 0.322 e. The van der Waals surface area contributed by atoms with Crippen molar-refractivity contribution in [3.63, 3.8) is 0 Å². The molecule has 1 atom stereocenters. The van der Waals surface area contributed by atoms with Gasteiger partial charge in [-0.1, -0.05) is 18.2 Å². The van der Waals surface area contributed by atoms with Crippen LogP contribution < -0.4 is 0 Å². The van der Waals surface area contributed by atoms with Crippen LogP contribution in [0.2, 0.25) is 0 Å². The van der Waals surface area contributed by atoms with E-state index >= 15 is 0 Å². The SMILES string of the molecule is [O-][S+](Cc1ccc2c(n1)CCCC2)c1nc2ccccc2[nH]1. The number of rotatable bonds is 3. The third-order valence-electron chi connectivity index (χ3n) is 4.10. The van der Waals surface area contributed by atoms with Crippen LogP contribution >= 0.6 is 0 Å². The Labute approximate surface area is 132 Å². The summed E-state index contributed by atoms with van der Waals surface area (Å²) in [6.45, 7) is 0. The zero-order chi connectivity index (χ0) is 14.9. The van der Waals surface area contributed by atoms with Crippen molar-refractivity contribution >= 4 is 22.2 Å². The molecule has 0 radical (unpaired) electrons. The Morgan fingerprint density at radius 2 is 1.91 bits per heavy atom. The highest BCUT2D eigenvalue weighted by Gasteiger charge is 2.19. The summed E-state index contributed by atoms with van der Waals surface area (Å²) >= 11 is -1.20. The summed E-state index contributed by atoms with van der Waals surface area (Å²) in [5, 5.41) is 0.528. The molecule has 4 rings (SSSR count). The van der Waals surface area contributed by atoms with Gasteiger partial charge in [0.1, 0.15) is 0 Å². The van der Waals surface area contributed by atoms with E-state index in [1.807, 2.05) is 30.3 Å². The molecule has 0 aliphatic heterocycles. The molecule has 2 aromatic heterocycles. The standard InChI is InChI=1S/C17H17N3OS/c21-22(17-19-15-7-3-4-8-16(15)20-17)11-13-10-9-12-5-1-2-6-14(12)18-13/h3-4,7-10H,1-2,5-6,11H2,(H,19,20). The lowest BCUT2D eigenvalue weighted by molar-refractivity contribution is 0.586. The third-order valence-corrected chi connectivity index (χ3v) is 5.28. The second-order valence-electron chi connectivity index (χ2n) is 5.66. The van der Waals surface area contributed by atoms with E-state index in [9.17, 15) is 4.55 Å². The van der Waals surface area contributed by atoms with Gasteiger partial charge in [0.05, 0.1) is 16.7 Å². The Morgan fingerprint density at radius 1 is 1.05 bits per heavy atom. The van der Waals surface area contributed by atoms with E-state index in [1.54, 1.807) is 0 Å². The first-order valence-electron chi connectivity index (χ1n) is 7.60. The minimum absolute atomic E-state index is 0.410. The summed E-state index contributed by atoms with van der Waals surface area (Å²) < 4.78 is 12.5. The quantitative estimate of drug-likeness (QED) is 0.756. The predicted molar refractivity (Wildman–Crippen MR) is 87.1 cm³/mol. The first-order chi connectivity index (χ1) is 10.8. The number of pyridine rings is 1. The molecular formula is C17H17N3OS. The number of aromatic amines is 1. The number of imidazole rings is 1. The zero-order valence-corrected chi connectivity index (χ0v) is 13.0. The Balaban J connectivity index is 1.57. The van der Waals surface area contributed by atoms with Crippen LogP contribution in [0.4, 0.5) is 0 Å². The first-order valence-corrected chi connectivity index (χ1v) is 8.92. The smallest absolute Gasteiger partial charge is 0.322 e. The molecule has 1 N–H and O–H groups in total. The number of benzene rings is 1. The van der Waals surface area contributed by atoms with Crippen LogP contribution in [0.15, 0.2) is 41.6 Å². The van der Waals surface area contributed by atoms with Crippen LogP contribution in [0.5, 0.6) is 0 Å². The van der Waals surface area contributed by atoms with Gasteiger partial charge in [-0.25, -0.2) is 0 Å². The second-order valence-corrected chi connectivity index (χ2v) is 7.03. The number of hydrogen-bond acceptors (Lipinski definition) is 3. The lowest BCUT2D eigenvalue weighted by Crippen LogP contribution is -2.11. The fraction of sp³-hybridized carbons (Fsp3) is 0.294. The van der Waals surface area contributed by atoms with Crippen LogP contribution in [0, 0.1) is 0 Å². The Hall–Kier alpha value is -1.85. The van der Waals surface area contributed by atoms with Gasteiger partial charge in [-0.3, -0.25) is 9.97 Å². The van der Waals surface area contributed by atoms with Gasteiger partial charge < -0.3 is 4.55 Å². The molecule has 1 aliphatic carbocycles. The molecule has 0 spiro atoms. The summed E-state index contributed by atoms with van der Waals surface area (Å²) in [6, 6.07) is 11.9. The highest BCUT2D eigenvalue weighted by atomic mass is 32.2. The minimum atomic E-state index is -1.20. The van der Waals surface area contributed by atoms with Crippen LogP contribution in [-0.4, -0.2) is 19.5 Å².